The molecular formula is C17H29BO4. The van der Waals surface area contributed by atoms with E-state index in [9.17, 15) is 10.0 Å². The molecule has 0 fully saturated rings. The zero-order chi connectivity index (χ0) is 16.5. The zero-order valence-electron chi connectivity index (χ0n) is 14.3. The Labute approximate surface area is 134 Å². The van der Waals surface area contributed by atoms with Crippen LogP contribution >= 0.6 is 0 Å². The summed E-state index contributed by atoms with van der Waals surface area (Å²) in [6, 6.07) is 3.59. The van der Waals surface area contributed by atoms with Crippen LogP contribution in [0.15, 0.2) is 12.1 Å². The van der Waals surface area contributed by atoms with Gasteiger partial charge in [-0.05, 0) is 24.3 Å². The molecule has 0 aliphatic heterocycles. The first kappa shape index (κ1) is 18.9. The largest absolute Gasteiger partial charge is 0.494 e. The molecule has 2 N–H and O–H groups in total. The van der Waals surface area contributed by atoms with E-state index < -0.39 is 7.12 Å². The molecule has 0 aliphatic rings. The molecule has 0 radical (unpaired) electrons. The Balaban J connectivity index is 3.08. The molecule has 0 spiro atoms. The highest BCUT2D eigenvalue weighted by Crippen LogP contribution is 2.30. The van der Waals surface area contributed by atoms with Crippen molar-refractivity contribution in [3.05, 3.63) is 17.7 Å². The van der Waals surface area contributed by atoms with Gasteiger partial charge in [0, 0.05) is 11.5 Å². The van der Waals surface area contributed by atoms with E-state index in [1.54, 1.807) is 12.1 Å². The number of hydrogen-bond acceptors (Lipinski definition) is 4. The van der Waals surface area contributed by atoms with Gasteiger partial charge in [-0.2, -0.15) is 0 Å². The maximum Gasteiger partial charge on any atom is 0.492 e. The molecule has 1 rings (SSSR count). The van der Waals surface area contributed by atoms with Crippen molar-refractivity contribution >= 4 is 12.6 Å². The molecule has 0 saturated heterocycles. The van der Waals surface area contributed by atoms with Gasteiger partial charge in [-0.3, -0.25) is 0 Å². The molecule has 0 bridgehead atoms. The van der Waals surface area contributed by atoms with Crippen LogP contribution in [-0.2, 0) is 0 Å². The Morgan fingerprint density at radius 2 is 1.50 bits per heavy atom. The molecule has 1 aromatic rings. The molecule has 0 aliphatic carbocycles. The standard InChI is InChI=1S/C17H29BO4/c1-5-7-9-21-16-12-17(22-10-8-6-2)15(18(19)20)11-14(16)13(3)4/h11-13,19-20H,5-10H2,1-4H3. The summed E-state index contributed by atoms with van der Waals surface area (Å²) in [5.74, 6) is 1.51. The summed E-state index contributed by atoms with van der Waals surface area (Å²) in [5.41, 5.74) is 1.38. The van der Waals surface area contributed by atoms with Gasteiger partial charge in [-0.25, -0.2) is 0 Å². The van der Waals surface area contributed by atoms with Crippen molar-refractivity contribution in [2.24, 2.45) is 0 Å². The van der Waals surface area contributed by atoms with Gasteiger partial charge in [0.25, 0.3) is 0 Å². The maximum atomic E-state index is 9.61. The Morgan fingerprint density at radius 3 is 1.95 bits per heavy atom. The summed E-state index contributed by atoms with van der Waals surface area (Å²) < 4.78 is 11.6. The van der Waals surface area contributed by atoms with E-state index in [1.165, 1.54) is 0 Å². The molecule has 0 aromatic heterocycles. The quantitative estimate of drug-likeness (QED) is 0.515. The lowest BCUT2D eigenvalue weighted by atomic mass is 9.77. The predicted molar refractivity (Wildman–Crippen MR) is 91.2 cm³/mol. The minimum Gasteiger partial charge on any atom is -0.494 e. The summed E-state index contributed by atoms with van der Waals surface area (Å²) >= 11 is 0. The first-order valence-corrected chi connectivity index (χ1v) is 8.30. The summed E-state index contributed by atoms with van der Waals surface area (Å²) in [7, 11) is -1.54. The SMILES string of the molecule is CCCCOc1cc(OCCCC)c(C(C)C)cc1B(O)O. The highest BCUT2D eigenvalue weighted by atomic mass is 16.5. The van der Waals surface area contributed by atoms with Crippen LogP contribution in [0.3, 0.4) is 0 Å². The number of unbranched alkanes of at least 4 members (excludes halogenated alkanes) is 2. The fourth-order valence-electron chi connectivity index (χ4n) is 2.15. The fraction of sp³-hybridized carbons (Fsp3) is 0.647. The van der Waals surface area contributed by atoms with Crippen LogP contribution in [0.4, 0.5) is 0 Å². The summed E-state index contributed by atoms with van der Waals surface area (Å²) in [6.07, 6.45) is 4.03. The van der Waals surface area contributed by atoms with Gasteiger partial charge in [0.1, 0.15) is 11.5 Å². The lowest BCUT2D eigenvalue weighted by Gasteiger charge is -2.19. The van der Waals surface area contributed by atoms with Crippen LogP contribution in [-0.4, -0.2) is 30.4 Å². The normalized spacial score (nSPS) is 10.9. The van der Waals surface area contributed by atoms with E-state index in [1.807, 2.05) is 0 Å². The van der Waals surface area contributed by atoms with E-state index in [-0.39, 0.29) is 5.92 Å². The van der Waals surface area contributed by atoms with Gasteiger partial charge in [0.05, 0.1) is 13.2 Å². The van der Waals surface area contributed by atoms with Crippen molar-refractivity contribution in [3.8, 4) is 11.5 Å². The minimum atomic E-state index is -1.54. The van der Waals surface area contributed by atoms with Crippen LogP contribution < -0.4 is 14.9 Å². The number of hydrogen-bond donors (Lipinski definition) is 2. The van der Waals surface area contributed by atoms with Crippen LogP contribution in [0, 0.1) is 0 Å². The predicted octanol–water partition coefficient (Wildman–Crippen LogP) is 2.85. The Hall–Kier alpha value is -1.20. The van der Waals surface area contributed by atoms with E-state index in [4.69, 9.17) is 9.47 Å². The van der Waals surface area contributed by atoms with Gasteiger partial charge < -0.3 is 19.5 Å². The monoisotopic (exact) mass is 308 g/mol. The van der Waals surface area contributed by atoms with E-state index in [2.05, 4.69) is 27.7 Å². The summed E-state index contributed by atoms with van der Waals surface area (Å²) in [4.78, 5) is 0. The molecular weight excluding hydrogens is 279 g/mol. The van der Waals surface area contributed by atoms with Gasteiger partial charge in [-0.1, -0.05) is 46.6 Å². The third kappa shape index (κ3) is 5.54. The van der Waals surface area contributed by atoms with E-state index in [0.717, 1.165) is 37.0 Å². The van der Waals surface area contributed by atoms with Crippen molar-refractivity contribution in [1.82, 2.24) is 0 Å². The minimum absolute atomic E-state index is 0.235. The highest BCUT2D eigenvalue weighted by molar-refractivity contribution is 6.59. The third-order valence-electron chi connectivity index (χ3n) is 3.55. The first-order chi connectivity index (χ1) is 10.5. The van der Waals surface area contributed by atoms with Crippen molar-refractivity contribution < 1.29 is 19.5 Å². The van der Waals surface area contributed by atoms with Crippen LogP contribution in [0.5, 0.6) is 11.5 Å². The lowest BCUT2D eigenvalue weighted by Crippen LogP contribution is -2.32. The average molecular weight is 308 g/mol. The topological polar surface area (TPSA) is 58.9 Å². The summed E-state index contributed by atoms with van der Waals surface area (Å²) in [5, 5.41) is 19.2. The molecule has 0 atom stereocenters. The van der Waals surface area contributed by atoms with Gasteiger partial charge >= 0.3 is 7.12 Å². The number of ether oxygens (including phenoxy) is 2. The first-order valence-electron chi connectivity index (χ1n) is 8.30. The highest BCUT2D eigenvalue weighted by Gasteiger charge is 2.22. The van der Waals surface area contributed by atoms with Gasteiger partial charge in [0.2, 0.25) is 0 Å². The molecule has 22 heavy (non-hydrogen) atoms. The molecule has 124 valence electrons. The Bertz CT molecular complexity index is 409. The van der Waals surface area contributed by atoms with Crippen molar-refractivity contribution in [2.45, 2.75) is 59.3 Å². The van der Waals surface area contributed by atoms with Crippen molar-refractivity contribution in [3.63, 3.8) is 0 Å². The molecule has 0 saturated carbocycles. The smallest absolute Gasteiger partial charge is 0.492 e. The number of rotatable bonds is 10. The van der Waals surface area contributed by atoms with Crippen LogP contribution in [0.1, 0.15) is 64.9 Å². The van der Waals surface area contributed by atoms with Crippen molar-refractivity contribution in [1.29, 1.82) is 0 Å². The van der Waals surface area contributed by atoms with Gasteiger partial charge in [-0.15, -0.1) is 0 Å². The van der Waals surface area contributed by atoms with Crippen LogP contribution in [0.2, 0.25) is 0 Å². The Morgan fingerprint density at radius 1 is 0.955 bits per heavy atom. The van der Waals surface area contributed by atoms with Gasteiger partial charge in [0.15, 0.2) is 0 Å². The average Bonchev–Trinajstić information content (AvgIpc) is 2.47. The second kappa shape index (κ2) is 9.75. The molecule has 0 heterocycles. The molecule has 0 amide bonds. The third-order valence-corrected chi connectivity index (χ3v) is 3.55. The Kier molecular flexibility index (Phi) is 8.35. The molecule has 4 nitrogen and oxygen atoms in total. The zero-order valence-corrected chi connectivity index (χ0v) is 14.3. The lowest BCUT2D eigenvalue weighted by molar-refractivity contribution is 0.292. The molecule has 5 heteroatoms. The van der Waals surface area contributed by atoms with E-state index in [0.29, 0.717) is 24.4 Å². The fourth-order valence-corrected chi connectivity index (χ4v) is 2.15. The van der Waals surface area contributed by atoms with Crippen LogP contribution in [0.25, 0.3) is 0 Å². The maximum absolute atomic E-state index is 9.61. The van der Waals surface area contributed by atoms with E-state index >= 15 is 0 Å². The molecule has 1 aromatic carbocycles. The second-order valence-electron chi connectivity index (χ2n) is 5.86. The second-order valence-corrected chi connectivity index (χ2v) is 5.86. The number of benzene rings is 1. The molecule has 0 unspecified atom stereocenters. The van der Waals surface area contributed by atoms with Crippen molar-refractivity contribution in [2.75, 3.05) is 13.2 Å². The summed E-state index contributed by atoms with van der Waals surface area (Å²) in [6.45, 7) is 9.56.